The van der Waals surface area contributed by atoms with Crippen molar-refractivity contribution in [1.82, 2.24) is 10.6 Å². The molecule has 0 radical (unpaired) electrons. The zero-order valence-electron chi connectivity index (χ0n) is 11.4. The molecule has 0 aliphatic rings. The number of amides is 2. The molecule has 1 aromatic rings. The molecule has 0 saturated heterocycles. The lowest BCUT2D eigenvalue weighted by atomic mass is 10.1. The molecule has 0 aromatic heterocycles. The first-order valence-corrected chi connectivity index (χ1v) is 6.51. The van der Waals surface area contributed by atoms with Gasteiger partial charge in [0.15, 0.2) is 0 Å². The van der Waals surface area contributed by atoms with E-state index in [-0.39, 0.29) is 17.7 Å². The Morgan fingerprint density at radius 3 is 2.40 bits per heavy atom. The summed E-state index contributed by atoms with van der Waals surface area (Å²) in [7, 11) is 0. The van der Waals surface area contributed by atoms with Gasteiger partial charge >= 0.3 is 12.0 Å². The number of carboxylic acid groups (broad SMARTS) is 1. The number of rotatable bonds is 7. The highest BCUT2D eigenvalue weighted by Crippen LogP contribution is 2.04. The fourth-order valence-electron chi connectivity index (χ4n) is 1.61. The molecular formula is C14H20N2O4. The van der Waals surface area contributed by atoms with Crippen molar-refractivity contribution in [3.05, 3.63) is 35.4 Å². The second-order valence-electron chi connectivity index (χ2n) is 4.60. The predicted molar refractivity (Wildman–Crippen MR) is 74.6 cm³/mol. The van der Waals surface area contributed by atoms with Crippen LogP contribution in [0.2, 0.25) is 0 Å². The Kier molecular flexibility index (Phi) is 6.52. The van der Waals surface area contributed by atoms with Gasteiger partial charge in [0.25, 0.3) is 0 Å². The molecule has 6 heteroatoms. The number of aliphatic hydroxyl groups is 1. The van der Waals surface area contributed by atoms with Gasteiger partial charge in [-0.1, -0.05) is 12.1 Å². The van der Waals surface area contributed by atoms with E-state index < -0.39 is 5.97 Å². The number of benzene rings is 1. The van der Waals surface area contributed by atoms with E-state index in [1.807, 2.05) is 0 Å². The fourth-order valence-corrected chi connectivity index (χ4v) is 1.61. The van der Waals surface area contributed by atoms with Crippen LogP contribution in [0.25, 0.3) is 0 Å². The monoisotopic (exact) mass is 280 g/mol. The third-order valence-corrected chi connectivity index (χ3v) is 2.74. The lowest BCUT2D eigenvalue weighted by Crippen LogP contribution is -2.35. The Morgan fingerprint density at radius 2 is 1.85 bits per heavy atom. The van der Waals surface area contributed by atoms with Crippen LogP contribution in [0.1, 0.15) is 35.7 Å². The molecular weight excluding hydrogens is 260 g/mol. The summed E-state index contributed by atoms with van der Waals surface area (Å²) in [5.74, 6) is -0.972. The van der Waals surface area contributed by atoms with Crippen molar-refractivity contribution >= 4 is 12.0 Å². The molecule has 0 heterocycles. The Morgan fingerprint density at radius 1 is 1.20 bits per heavy atom. The molecule has 0 spiro atoms. The molecule has 1 rings (SSSR count). The molecule has 1 aromatic carbocycles. The van der Waals surface area contributed by atoms with Gasteiger partial charge in [-0.15, -0.1) is 0 Å². The van der Waals surface area contributed by atoms with Crippen LogP contribution in [-0.4, -0.2) is 34.9 Å². The minimum Gasteiger partial charge on any atom is -0.478 e. The van der Waals surface area contributed by atoms with Crippen LogP contribution in [0.4, 0.5) is 4.79 Å². The zero-order chi connectivity index (χ0) is 15.0. The number of carbonyl (C=O) groups excluding carboxylic acids is 1. The first-order chi connectivity index (χ1) is 9.49. The SMILES string of the molecule is CC(O)CCCNC(=O)NCc1ccc(C(=O)O)cc1. The normalized spacial score (nSPS) is 11.7. The summed E-state index contributed by atoms with van der Waals surface area (Å²) < 4.78 is 0. The van der Waals surface area contributed by atoms with Crippen molar-refractivity contribution in [2.45, 2.75) is 32.4 Å². The van der Waals surface area contributed by atoms with Gasteiger partial charge in [-0.05, 0) is 37.5 Å². The summed E-state index contributed by atoms with van der Waals surface area (Å²) in [6.45, 7) is 2.55. The second-order valence-corrected chi connectivity index (χ2v) is 4.60. The fraction of sp³-hybridized carbons (Fsp3) is 0.429. The van der Waals surface area contributed by atoms with Crippen LogP contribution in [0.15, 0.2) is 24.3 Å². The maximum absolute atomic E-state index is 11.5. The van der Waals surface area contributed by atoms with E-state index in [0.717, 1.165) is 12.0 Å². The van der Waals surface area contributed by atoms with E-state index in [1.54, 1.807) is 19.1 Å². The standard InChI is InChI=1S/C14H20N2O4/c1-10(17)3-2-8-15-14(20)16-9-11-4-6-12(7-5-11)13(18)19/h4-7,10,17H,2-3,8-9H2,1H3,(H,18,19)(H2,15,16,20). The van der Waals surface area contributed by atoms with Crippen molar-refractivity contribution in [2.24, 2.45) is 0 Å². The summed E-state index contributed by atoms with van der Waals surface area (Å²) in [6.07, 6.45) is 1.02. The highest BCUT2D eigenvalue weighted by atomic mass is 16.4. The summed E-state index contributed by atoms with van der Waals surface area (Å²) in [6, 6.07) is 6.05. The molecule has 20 heavy (non-hydrogen) atoms. The number of carboxylic acids is 1. The summed E-state index contributed by atoms with van der Waals surface area (Å²) in [5, 5.41) is 23.2. The largest absolute Gasteiger partial charge is 0.478 e. The molecule has 0 fully saturated rings. The number of aromatic carboxylic acids is 1. The number of urea groups is 1. The van der Waals surface area contributed by atoms with Crippen LogP contribution < -0.4 is 10.6 Å². The quantitative estimate of drug-likeness (QED) is 0.566. The molecule has 1 unspecified atom stereocenters. The number of aliphatic hydroxyl groups excluding tert-OH is 1. The topological polar surface area (TPSA) is 98.7 Å². The molecule has 0 saturated carbocycles. The summed E-state index contributed by atoms with van der Waals surface area (Å²) in [4.78, 5) is 22.1. The zero-order valence-corrected chi connectivity index (χ0v) is 11.4. The van der Waals surface area contributed by atoms with Gasteiger partial charge < -0.3 is 20.8 Å². The first-order valence-electron chi connectivity index (χ1n) is 6.51. The third-order valence-electron chi connectivity index (χ3n) is 2.74. The van der Waals surface area contributed by atoms with Crippen LogP contribution in [0, 0.1) is 0 Å². The molecule has 1 atom stereocenters. The number of hydrogen-bond donors (Lipinski definition) is 4. The van der Waals surface area contributed by atoms with Gasteiger partial charge in [-0.3, -0.25) is 0 Å². The van der Waals surface area contributed by atoms with Crippen molar-refractivity contribution in [3.8, 4) is 0 Å². The highest BCUT2D eigenvalue weighted by Gasteiger charge is 2.03. The Hall–Kier alpha value is -2.08. The van der Waals surface area contributed by atoms with Gasteiger partial charge in [0.1, 0.15) is 0 Å². The smallest absolute Gasteiger partial charge is 0.335 e. The van der Waals surface area contributed by atoms with E-state index in [0.29, 0.717) is 19.5 Å². The van der Waals surface area contributed by atoms with Gasteiger partial charge in [-0.2, -0.15) is 0 Å². The van der Waals surface area contributed by atoms with Crippen molar-refractivity contribution in [3.63, 3.8) is 0 Å². The highest BCUT2D eigenvalue weighted by molar-refractivity contribution is 5.87. The van der Waals surface area contributed by atoms with Crippen LogP contribution in [0.3, 0.4) is 0 Å². The second kappa shape index (κ2) is 8.16. The van der Waals surface area contributed by atoms with E-state index in [9.17, 15) is 9.59 Å². The van der Waals surface area contributed by atoms with E-state index in [2.05, 4.69) is 10.6 Å². The molecule has 4 N–H and O–H groups in total. The molecule has 2 amide bonds. The molecule has 0 bridgehead atoms. The van der Waals surface area contributed by atoms with Crippen LogP contribution >= 0.6 is 0 Å². The number of carbonyl (C=O) groups is 2. The maximum Gasteiger partial charge on any atom is 0.335 e. The van der Waals surface area contributed by atoms with E-state index >= 15 is 0 Å². The molecule has 6 nitrogen and oxygen atoms in total. The molecule has 0 aliphatic carbocycles. The van der Waals surface area contributed by atoms with Crippen LogP contribution in [0.5, 0.6) is 0 Å². The lowest BCUT2D eigenvalue weighted by Gasteiger charge is -2.08. The third kappa shape index (κ3) is 6.19. The summed E-state index contributed by atoms with van der Waals surface area (Å²) >= 11 is 0. The predicted octanol–water partition coefficient (Wildman–Crippen LogP) is 1.34. The maximum atomic E-state index is 11.5. The minimum absolute atomic E-state index is 0.219. The average Bonchev–Trinajstić information content (AvgIpc) is 2.41. The van der Waals surface area contributed by atoms with Gasteiger partial charge in [0.05, 0.1) is 11.7 Å². The van der Waals surface area contributed by atoms with Crippen molar-refractivity contribution < 1.29 is 19.8 Å². The van der Waals surface area contributed by atoms with Gasteiger partial charge in [0, 0.05) is 13.1 Å². The van der Waals surface area contributed by atoms with Crippen molar-refractivity contribution in [2.75, 3.05) is 6.54 Å². The summed E-state index contributed by atoms with van der Waals surface area (Å²) in [5.41, 5.74) is 1.05. The number of hydrogen-bond acceptors (Lipinski definition) is 3. The molecule has 0 aliphatic heterocycles. The lowest BCUT2D eigenvalue weighted by molar-refractivity contribution is 0.0697. The number of nitrogens with one attached hydrogen (secondary N) is 2. The Labute approximate surface area is 117 Å². The average molecular weight is 280 g/mol. The Bertz CT molecular complexity index is 443. The van der Waals surface area contributed by atoms with Crippen LogP contribution in [-0.2, 0) is 6.54 Å². The van der Waals surface area contributed by atoms with Gasteiger partial charge in [-0.25, -0.2) is 9.59 Å². The molecule has 110 valence electrons. The van der Waals surface area contributed by atoms with E-state index in [4.69, 9.17) is 10.2 Å². The minimum atomic E-state index is -0.972. The Balaban J connectivity index is 2.25. The van der Waals surface area contributed by atoms with Crippen molar-refractivity contribution in [1.29, 1.82) is 0 Å². The van der Waals surface area contributed by atoms with E-state index in [1.165, 1.54) is 12.1 Å². The first kappa shape index (κ1) is 16.0. The van der Waals surface area contributed by atoms with Gasteiger partial charge in [0.2, 0.25) is 0 Å².